The second-order valence-electron chi connectivity index (χ2n) is 1.82. The summed E-state index contributed by atoms with van der Waals surface area (Å²) in [6.07, 6.45) is 2.61. The molecule has 0 aliphatic rings. The Morgan fingerprint density at radius 2 is 1.86 bits per heavy atom. The first kappa shape index (κ1) is 8.46. The molecule has 0 amide bonds. The van der Waals surface area contributed by atoms with Gasteiger partial charge in [-0.3, -0.25) is 0 Å². The van der Waals surface area contributed by atoms with E-state index < -0.39 is 0 Å². The molecule has 0 spiro atoms. The number of rotatable bonds is 2. The fourth-order valence-corrected chi connectivity index (χ4v) is 1.52. The van der Waals surface area contributed by atoms with Gasteiger partial charge in [-0.05, 0) is 13.3 Å². The molecule has 7 heavy (non-hydrogen) atoms. The molecule has 0 unspecified atom stereocenters. The van der Waals surface area contributed by atoms with Gasteiger partial charge in [-0.25, -0.2) is 0 Å². The zero-order valence-corrected chi connectivity index (χ0v) is 8.99. The standard InChI is InChI=1S/C5H10I2/c1-3-4-5(2,6)7/h3-4H2,1-2H3. The molecule has 0 heterocycles. The number of hydrogen-bond acceptors (Lipinski definition) is 0. The Labute approximate surface area is 72.7 Å². The molecule has 0 N–H and O–H groups in total. The van der Waals surface area contributed by atoms with E-state index in [4.69, 9.17) is 0 Å². The summed E-state index contributed by atoms with van der Waals surface area (Å²) in [6.45, 7) is 4.47. The van der Waals surface area contributed by atoms with Crippen LogP contribution < -0.4 is 0 Å². The van der Waals surface area contributed by atoms with Gasteiger partial charge in [0.1, 0.15) is 0 Å². The molecule has 0 aromatic heterocycles. The van der Waals surface area contributed by atoms with Crippen LogP contribution in [-0.2, 0) is 0 Å². The summed E-state index contributed by atoms with van der Waals surface area (Å²) < 4.78 is 0.490. The highest BCUT2D eigenvalue weighted by molar-refractivity contribution is 14.2. The quantitative estimate of drug-likeness (QED) is 0.540. The Balaban J connectivity index is 3.15. The first-order valence-electron chi connectivity index (χ1n) is 2.44. The Morgan fingerprint density at radius 3 is 1.86 bits per heavy atom. The van der Waals surface area contributed by atoms with Crippen LogP contribution in [0.1, 0.15) is 26.7 Å². The van der Waals surface area contributed by atoms with Crippen LogP contribution in [0.2, 0.25) is 0 Å². The zero-order chi connectivity index (χ0) is 5.91. The lowest BCUT2D eigenvalue weighted by atomic mass is 10.3. The van der Waals surface area contributed by atoms with Crippen molar-refractivity contribution in [1.29, 1.82) is 0 Å². The lowest BCUT2D eigenvalue weighted by molar-refractivity contribution is 0.790. The third-order valence-electron chi connectivity index (χ3n) is 0.689. The molecular weight excluding hydrogens is 314 g/mol. The minimum atomic E-state index is 0.490. The molecular formula is C5H10I2. The van der Waals surface area contributed by atoms with E-state index in [0.29, 0.717) is 1.43 Å². The zero-order valence-electron chi connectivity index (χ0n) is 4.67. The van der Waals surface area contributed by atoms with Gasteiger partial charge < -0.3 is 0 Å². The average molecular weight is 324 g/mol. The van der Waals surface area contributed by atoms with E-state index in [2.05, 4.69) is 59.0 Å². The highest BCUT2D eigenvalue weighted by atomic mass is 127. The van der Waals surface area contributed by atoms with Crippen LogP contribution in [0.4, 0.5) is 0 Å². The second-order valence-corrected chi connectivity index (χ2v) is 8.65. The number of alkyl halides is 2. The molecule has 0 radical (unpaired) electrons. The fraction of sp³-hybridized carbons (Fsp3) is 1.00. The molecule has 0 saturated heterocycles. The van der Waals surface area contributed by atoms with E-state index in [1.165, 1.54) is 12.8 Å². The van der Waals surface area contributed by atoms with E-state index >= 15 is 0 Å². The van der Waals surface area contributed by atoms with Gasteiger partial charge in [0.05, 0.1) is 1.43 Å². The third kappa shape index (κ3) is 7.46. The van der Waals surface area contributed by atoms with Gasteiger partial charge in [0.2, 0.25) is 0 Å². The highest BCUT2D eigenvalue weighted by Crippen LogP contribution is 2.31. The third-order valence-corrected chi connectivity index (χ3v) is 1.77. The van der Waals surface area contributed by atoms with Gasteiger partial charge >= 0.3 is 0 Å². The predicted octanol–water partition coefficient (Wildman–Crippen LogP) is 3.37. The molecule has 2 heteroatoms. The van der Waals surface area contributed by atoms with Crippen molar-refractivity contribution in [2.45, 2.75) is 28.1 Å². The van der Waals surface area contributed by atoms with Crippen LogP contribution in [0.25, 0.3) is 0 Å². The van der Waals surface area contributed by atoms with Gasteiger partial charge in [0, 0.05) is 0 Å². The van der Waals surface area contributed by atoms with Crippen molar-refractivity contribution in [2.75, 3.05) is 0 Å². The minimum Gasteiger partial charge on any atom is -0.0675 e. The smallest absolute Gasteiger partial charge is 0.0675 e. The van der Waals surface area contributed by atoms with E-state index in [9.17, 15) is 0 Å². The molecule has 44 valence electrons. The average Bonchev–Trinajstić information content (AvgIpc) is 1.30. The van der Waals surface area contributed by atoms with Crippen LogP contribution in [0.5, 0.6) is 0 Å². The monoisotopic (exact) mass is 324 g/mol. The number of halogens is 2. The summed E-state index contributed by atoms with van der Waals surface area (Å²) in [5, 5.41) is 0. The van der Waals surface area contributed by atoms with Crippen LogP contribution in [0.15, 0.2) is 0 Å². The highest BCUT2D eigenvalue weighted by Gasteiger charge is 2.11. The Kier molecular flexibility index (Phi) is 4.20. The van der Waals surface area contributed by atoms with Crippen molar-refractivity contribution >= 4 is 45.2 Å². The van der Waals surface area contributed by atoms with Gasteiger partial charge in [-0.15, -0.1) is 0 Å². The van der Waals surface area contributed by atoms with Gasteiger partial charge in [-0.2, -0.15) is 0 Å². The predicted molar refractivity (Wildman–Crippen MR) is 51.4 cm³/mol. The molecule has 0 fully saturated rings. The fourth-order valence-electron chi connectivity index (χ4n) is 0.439. The van der Waals surface area contributed by atoms with Crippen molar-refractivity contribution in [3.05, 3.63) is 0 Å². The first-order valence-corrected chi connectivity index (χ1v) is 4.60. The summed E-state index contributed by atoms with van der Waals surface area (Å²) >= 11 is 4.93. The van der Waals surface area contributed by atoms with Crippen LogP contribution in [-0.4, -0.2) is 1.43 Å². The van der Waals surface area contributed by atoms with Crippen LogP contribution in [0.3, 0.4) is 0 Å². The molecule has 0 bridgehead atoms. The van der Waals surface area contributed by atoms with E-state index in [1.54, 1.807) is 0 Å². The van der Waals surface area contributed by atoms with Crippen molar-refractivity contribution in [3.8, 4) is 0 Å². The first-order chi connectivity index (χ1) is 3.06. The topological polar surface area (TPSA) is 0 Å². The normalized spacial score (nSPS) is 12.0. The van der Waals surface area contributed by atoms with Gasteiger partial charge in [-0.1, -0.05) is 58.5 Å². The maximum absolute atomic E-state index is 2.46. The summed E-state index contributed by atoms with van der Waals surface area (Å²) in [4.78, 5) is 0. The SMILES string of the molecule is CCCC(C)(I)I. The lowest BCUT2D eigenvalue weighted by Gasteiger charge is -2.10. The van der Waals surface area contributed by atoms with E-state index in [0.717, 1.165) is 0 Å². The maximum atomic E-state index is 2.46. The summed E-state index contributed by atoms with van der Waals surface area (Å²) in [7, 11) is 0. The molecule has 0 aliphatic carbocycles. The second kappa shape index (κ2) is 3.48. The Bertz CT molecular complexity index is 44.5. The van der Waals surface area contributed by atoms with Crippen LogP contribution in [0, 0.1) is 0 Å². The summed E-state index contributed by atoms with van der Waals surface area (Å²) in [6, 6.07) is 0. The maximum Gasteiger partial charge on any atom is 0.0706 e. The Morgan fingerprint density at radius 1 is 1.43 bits per heavy atom. The van der Waals surface area contributed by atoms with Crippen molar-refractivity contribution < 1.29 is 0 Å². The summed E-state index contributed by atoms with van der Waals surface area (Å²) in [5.41, 5.74) is 0. The summed E-state index contributed by atoms with van der Waals surface area (Å²) in [5.74, 6) is 0. The van der Waals surface area contributed by atoms with Crippen molar-refractivity contribution in [2.24, 2.45) is 0 Å². The molecule has 0 aromatic rings. The number of hydrogen-bond donors (Lipinski definition) is 0. The van der Waals surface area contributed by atoms with E-state index in [-0.39, 0.29) is 0 Å². The van der Waals surface area contributed by atoms with E-state index in [1.807, 2.05) is 0 Å². The van der Waals surface area contributed by atoms with Crippen molar-refractivity contribution in [1.82, 2.24) is 0 Å². The Hall–Kier alpha value is 1.46. The molecule has 0 saturated carbocycles. The van der Waals surface area contributed by atoms with Gasteiger partial charge in [0.15, 0.2) is 0 Å². The molecule has 0 aromatic carbocycles. The van der Waals surface area contributed by atoms with Crippen molar-refractivity contribution in [3.63, 3.8) is 0 Å². The molecule has 0 rings (SSSR count). The largest absolute Gasteiger partial charge is 0.0706 e. The molecule has 0 atom stereocenters. The molecule has 0 nitrogen and oxygen atoms in total. The van der Waals surface area contributed by atoms with Gasteiger partial charge in [0.25, 0.3) is 0 Å². The minimum absolute atomic E-state index is 0.490. The molecule has 0 aliphatic heterocycles. The van der Waals surface area contributed by atoms with Crippen LogP contribution >= 0.6 is 45.2 Å². The lowest BCUT2D eigenvalue weighted by Crippen LogP contribution is -2.00.